The van der Waals surface area contributed by atoms with Gasteiger partial charge in [0.1, 0.15) is 5.75 Å². The van der Waals surface area contributed by atoms with Gasteiger partial charge in [-0.1, -0.05) is 36.7 Å². The Morgan fingerprint density at radius 2 is 1.86 bits per heavy atom. The Balaban J connectivity index is 2.13. The fraction of sp³-hybridized carbons (Fsp3) is 0.250. The molecule has 2 nitrogen and oxygen atoms in total. The zero-order valence-corrected chi connectivity index (χ0v) is 12.3. The molecule has 112 valence electrons. The summed E-state index contributed by atoms with van der Waals surface area (Å²) in [5.74, 6) is 0.140. The third-order valence-corrected chi connectivity index (χ3v) is 3.33. The first-order valence-corrected chi connectivity index (χ1v) is 7.03. The topological polar surface area (TPSA) is 21.3 Å². The quantitative estimate of drug-likeness (QED) is 0.760. The van der Waals surface area contributed by atoms with E-state index >= 15 is 0 Å². The fourth-order valence-corrected chi connectivity index (χ4v) is 2.21. The van der Waals surface area contributed by atoms with E-state index in [1.807, 2.05) is 37.3 Å². The van der Waals surface area contributed by atoms with Gasteiger partial charge in [-0.2, -0.15) is 8.78 Å². The number of alkyl halides is 2. The summed E-state index contributed by atoms with van der Waals surface area (Å²) in [6.07, 6.45) is 0.849. The minimum absolute atomic E-state index is 0.0732. The van der Waals surface area contributed by atoms with E-state index < -0.39 is 6.61 Å². The molecular formula is C16H16ClF2NO. The maximum absolute atomic E-state index is 12.2. The Hall–Kier alpha value is -1.81. The normalized spacial score (nSPS) is 12.2. The Bertz CT molecular complexity index is 575. The smallest absolute Gasteiger partial charge is 0.387 e. The standard InChI is InChI=1S/C16H16ClF2NO/c1-2-15(11-6-8-12(17)9-7-11)20-13-4-3-5-14(10-13)21-16(18)19/h3-10,15-16,20H,2H2,1H3. The fourth-order valence-electron chi connectivity index (χ4n) is 2.08. The first-order valence-electron chi connectivity index (χ1n) is 6.65. The molecule has 21 heavy (non-hydrogen) atoms. The molecule has 0 aliphatic carbocycles. The van der Waals surface area contributed by atoms with Crippen LogP contribution in [0.15, 0.2) is 48.5 Å². The monoisotopic (exact) mass is 311 g/mol. The van der Waals surface area contributed by atoms with E-state index in [1.54, 1.807) is 12.1 Å². The van der Waals surface area contributed by atoms with E-state index in [0.717, 1.165) is 17.7 Å². The molecule has 0 aromatic heterocycles. The van der Waals surface area contributed by atoms with Crippen LogP contribution >= 0.6 is 11.6 Å². The maximum Gasteiger partial charge on any atom is 0.387 e. The molecule has 1 N–H and O–H groups in total. The second kappa shape index (κ2) is 7.27. The Kier molecular flexibility index (Phi) is 5.39. The van der Waals surface area contributed by atoms with Crippen LogP contribution in [0.2, 0.25) is 5.02 Å². The van der Waals surface area contributed by atoms with Gasteiger partial charge in [0.25, 0.3) is 0 Å². The summed E-state index contributed by atoms with van der Waals surface area (Å²) in [5.41, 5.74) is 1.82. The van der Waals surface area contributed by atoms with Crippen LogP contribution < -0.4 is 10.1 Å². The molecule has 0 aliphatic heterocycles. The molecule has 0 fully saturated rings. The lowest BCUT2D eigenvalue weighted by molar-refractivity contribution is -0.0498. The van der Waals surface area contributed by atoms with Crippen molar-refractivity contribution in [3.05, 3.63) is 59.1 Å². The molecule has 5 heteroatoms. The Labute approximate surface area is 127 Å². The molecule has 0 amide bonds. The molecule has 0 spiro atoms. The molecule has 2 rings (SSSR count). The van der Waals surface area contributed by atoms with Crippen LogP contribution in [0.4, 0.5) is 14.5 Å². The molecule has 0 radical (unpaired) electrons. The van der Waals surface area contributed by atoms with Crippen molar-refractivity contribution in [2.75, 3.05) is 5.32 Å². The molecule has 0 heterocycles. The number of hydrogen-bond donors (Lipinski definition) is 1. The molecular weight excluding hydrogens is 296 g/mol. The predicted octanol–water partition coefficient (Wildman–Crippen LogP) is 5.50. The summed E-state index contributed by atoms with van der Waals surface area (Å²) in [7, 11) is 0. The number of nitrogens with one attached hydrogen (secondary N) is 1. The van der Waals surface area contributed by atoms with Gasteiger partial charge in [-0.3, -0.25) is 0 Å². The number of ether oxygens (including phenoxy) is 1. The second-order valence-corrected chi connectivity index (χ2v) is 5.00. The number of benzene rings is 2. The lowest BCUT2D eigenvalue weighted by Crippen LogP contribution is -2.10. The minimum Gasteiger partial charge on any atom is -0.435 e. The van der Waals surface area contributed by atoms with Gasteiger partial charge in [-0.25, -0.2) is 0 Å². The summed E-state index contributed by atoms with van der Waals surface area (Å²) < 4.78 is 28.9. The third kappa shape index (κ3) is 4.60. The van der Waals surface area contributed by atoms with Gasteiger partial charge in [0.05, 0.1) is 6.04 Å². The Morgan fingerprint density at radius 1 is 1.14 bits per heavy atom. The molecule has 1 unspecified atom stereocenters. The summed E-state index contributed by atoms with van der Waals surface area (Å²) >= 11 is 5.88. The van der Waals surface area contributed by atoms with Crippen LogP contribution in [-0.4, -0.2) is 6.61 Å². The van der Waals surface area contributed by atoms with E-state index in [4.69, 9.17) is 11.6 Å². The lowest BCUT2D eigenvalue weighted by Gasteiger charge is -2.19. The van der Waals surface area contributed by atoms with Gasteiger partial charge in [-0.15, -0.1) is 0 Å². The van der Waals surface area contributed by atoms with Gasteiger partial charge in [0.2, 0.25) is 0 Å². The Morgan fingerprint density at radius 3 is 2.48 bits per heavy atom. The average molecular weight is 312 g/mol. The van der Waals surface area contributed by atoms with Crippen LogP contribution in [0.25, 0.3) is 0 Å². The first-order chi connectivity index (χ1) is 10.1. The number of anilines is 1. The highest BCUT2D eigenvalue weighted by atomic mass is 35.5. The maximum atomic E-state index is 12.2. The molecule has 0 bridgehead atoms. The third-order valence-electron chi connectivity index (χ3n) is 3.08. The van der Waals surface area contributed by atoms with Crippen molar-refractivity contribution in [2.45, 2.75) is 26.0 Å². The average Bonchev–Trinajstić information content (AvgIpc) is 2.45. The summed E-state index contributed by atoms with van der Waals surface area (Å²) in [6, 6.07) is 14.2. The molecule has 2 aromatic carbocycles. The van der Waals surface area contributed by atoms with Crippen molar-refractivity contribution < 1.29 is 13.5 Å². The zero-order valence-electron chi connectivity index (χ0n) is 11.5. The first kappa shape index (κ1) is 15.6. The van der Waals surface area contributed by atoms with Crippen LogP contribution in [-0.2, 0) is 0 Å². The van der Waals surface area contributed by atoms with Crippen molar-refractivity contribution in [1.82, 2.24) is 0 Å². The van der Waals surface area contributed by atoms with Crippen LogP contribution in [0, 0.1) is 0 Å². The molecule has 0 saturated carbocycles. The molecule has 2 aromatic rings. The highest BCUT2D eigenvalue weighted by Gasteiger charge is 2.10. The lowest BCUT2D eigenvalue weighted by atomic mass is 10.0. The van der Waals surface area contributed by atoms with E-state index in [9.17, 15) is 8.78 Å². The van der Waals surface area contributed by atoms with Crippen molar-refractivity contribution in [3.63, 3.8) is 0 Å². The summed E-state index contributed by atoms with van der Waals surface area (Å²) in [5, 5.41) is 3.99. The van der Waals surface area contributed by atoms with Crippen molar-refractivity contribution in [1.29, 1.82) is 0 Å². The SMILES string of the molecule is CCC(Nc1cccc(OC(F)F)c1)c1ccc(Cl)cc1. The van der Waals surface area contributed by atoms with Gasteiger partial charge < -0.3 is 10.1 Å². The molecule has 0 saturated heterocycles. The van der Waals surface area contributed by atoms with Gasteiger partial charge in [0.15, 0.2) is 0 Å². The van der Waals surface area contributed by atoms with Crippen molar-refractivity contribution in [3.8, 4) is 5.75 Å². The van der Waals surface area contributed by atoms with E-state index in [2.05, 4.69) is 10.1 Å². The van der Waals surface area contributed by atoms with Crippen LogP contribution in [0.3, 0.4) is 0 Å². The zero-order chi connectivity index (χ0) is 15.2. The minimum atomic E-state index is -2.82. The highest BCUT2D eigenvalue weighted by molar-refractivity contribution is 6.30. The van der Waals surface area contributed by atoms with E-state index in [1.165, 1.54) is 6.07 Å². The van der Waals surface area contributed by atoms with Crippen molar-refractivity contribution in [2.24, 2.45) is 0 Å². The molecule has 0 aliphatic rings. The van der Waals surface area contributed by atoms with Crippen LogP contribution in [0.5, 0.6) is 5.75 Å². The van der Waals surface area contributed by atoms with Gasteiger partial charge in [0, 0.05) is 16.8 Å². The second-order valence-electron chi connectivity index (χ2n) is 4.56. The molecule has 1 atom stereocenters. The van der Waals surface area contributed by atoms with Gasteiger partial charge in [-0.05, 0) is 36.2 Å². The van der Waals surface area contributed by atoms with Crippen molar-refractivity contribution >= 4 is 17.3 Å². The van der Waals surface area contributed by atoms with E-state index in [-0.39, 0.29) is 11.8 Å². The summed E-state index contributed by atoms with van der Waals surface area (Å²) in [4.78, 5) is 0. The predicted molar refractivity (Wildman–Crippen MR) is 81.2 cm³/mol. The number of halogens is 3. The highest BCUT2D eigenvalue weighted by Crippen LogP contribution is 2.26. The van der Waals surface area contributed by atoms with E-state index in [0.29, 0.717) is 5.02 Å². The number of rotatable bonds is 6. The summed E-state index contributed by atoms with van der Waals surface area (Å²) in [6.45, 7) is -0.773. The van der Waals surface area contributed by atoms with Crippen LogP contribution in [0.1, 0.15) is 24.9 Å². The largest absolute Gasteiger partial charge is 0.435 e. The number of hydrogen-bond acceptors (Lipinski definition) is 2. The van der Waals surface area contributed by atoms with Gasteiger partial charge >= 0.3 is 6.61 Å².